The summed E-state index contributed by atoms with van der Waals surface area (Å²) in [6, 6.07) is 15.5. The van der Waals surface area contributed by atoms with Gasteiger partial charge in [-0.25, -0.2) is 4.99 Å². The van der Waals surface area contributed by atoms with Crippen LogP contribution in [0.1, 0.15) is 11.1 Å². The van der Waals surface area contributed by atoms with Gasteiger partial charge in [0.2, 0.25) is 5.91 Å². The fourth-order valence-electron chi connectivity index (χ4n) is 2.32. The zero-order valence-electron chi connectivity index (χ0n) is 16.9. The Morgan fingerprint density at radius 2 is 1.43 bits per heavy atom. The molecule has 1 amide bonds. The Morgan fingerprint density at radius 3 is 1.93 bits per heavy atom. The van der Waals surface area contributed by atoms with E-state index in [9.17, 15) is 4.79 Å². The van der Waals surface area contributed by atoms with Crippen molar-refractivity contribution in [3.8, 4) is 11.5 Å². The smallest absolute Gasteiger partial charge is 0.241 e. The number of aliphatic imine (C=N–C) groups is 1. The zero-order valence-corrected chi connectivity index (χ0v) is 16.9. The predicted molar refractivity (Wildman–Crippen MR) is 111 cm³/mol. The van der Waals surface area contributed by atoms with Crippen molar-refractivity contribution in [1.82, 2.24) is 15.5 Å². The van der Waals surface area contributed by atoms with E-state index in [4.69, 9.17) is 9.47 Å². The molecule has 0 atom stereocenters. The number of carbonyl (C=O) groups is 1. The van der Waals surface area contributed by atoms with Crippen molar-refractivity contribution in [3.63, 3.8) is 0 Å². The molecule has 2 aromatic carbocycles. The van der Waals surface area contributed by atoms with E-state index in [1.807, 2.05) is 48.5 Å². The summed E-state index contributed by atoms with van der Waals surface area (Å²) in [6.45, 7) is 1.23. The molecule has 2 aromatic rings. The topological polar surface area (TPSA) is 75.2 Å². The van der Waals surface area contributed by atoms with Crippen LogP contribution in [0, 0.1) is 0 Å². The fourth-order valence-corrected chi connectivity index (χ4v) is 2.32. The molecule has 150 valence electrons. The highest BCUT2D eigenvalue weighted by atomic mass is 16.5. The molecule has 0 bridgehead atoms. The lowest BCUT2D eigenvalue weighted by molar-refractivity contribution is -0.127. The lowest BCUT2D eigenvalue weighted by Gasteiger charge is -2.15. The fraction of sp³-hybridized carbons (Fsp3) is 0.333. The van der Waals surface area contributed by atoms with Crippen molar-refractivity contribution >= 4 is 11.9 Å². The summed E-state index contributed by atoms with van der Waals surface area (Å²) in [7, 11) is 6.73. The second-order valence-corrected chi connectivity index (χ2v) is 6.36. The highest BCUT2D eigenvalue weighted by Crippen LogP contribution is 2.12. The van der Waals surface area contributed by atoms with Gasteiger partial charge in [-0.15, -0.1) is 0 Å². The number of guanidine groups is 1. The summed E-state index contributed by atoms with van der Waals surface area (Å²) in [5, 5.41) is 6.35. The maximum absolute atomic E-state index is 11.9. The third-order valence-electron chi connectivity index (χ3n) is 4.10. The number of methoxy groups -OCH3 is 2. The van der Waals surface area contributed by atoms with E-state index in [1.165, 1.54) is 4.90 Å². The minimum absolute atomic E-state index is 0.0246. The molecule has 0 fully saturated rings. The first kappa shape index (κ1) is 21.1. The van der Waals surface area contributed by atoms with Gasteiger partial charge in [-0.1, -0.05) is 24.3 Å². The van der Waals surface area contributed by atoms with Gasteiger partial charge in [0.05, 0.1) is 27.3 Å². The minimum atomic E-state index is -0.0246. The van der Waals surface area contributed by atoms with Crippen LogP contribution in [0.5, 0.6) is 11.5 Å². The van der Waals surface area contributed by atoms with Gasteiger partial charge >= 0.3 is 0 Å². The molecule has 0 unspecified atom stereocenters. The Kier molecular flexibility index (Phi) is 8.14. The molecule has 0 spiro atoms. The van der Waals surface area contributed by atoms with Crippen molar-refractivity contribution in [2.45, 2.75) is 13.1 Å². The monoisotopic (exact) mass is 384 g/mol. The maximum Gasteiger partial charge on any atom is 0.241 e. The molecule has 0 aliphatic carbocycles. The molecule has 0 saturated heterocycles. The summed E-state index contributed by atoms with van der Waals surface area (Å²) in [4.78, 5) is 18.0. The molecular weight excluding hydrogens is 356 g/mol. The van der Waals surface area contributed by atoms with Crippen LogP contribution in [0.25, 0.3) is 0 Å². The van der Waals surface area contributed by atoms with Gasteiger partial charge in [-0.3, -0.25) is 4.79 Å². The Bertz CT molecular complexity index is 771. The van der Waals surface area contributed by atoms with E-state index in [2.05, 4.69) is 15.6 Å². The zero-order chi connectivity index (χ0) is 20.4. The van der Waals surface area contributed by atoms with Crippen LogP contribution in [0.4, 0.5) is 0 Å². The molecule has 2 N–H and O–H groups in total. The summed E-state index contributed by atoms with van der Waals surface area (Å²) >= 11 is 0. The van der Waals surface area contributed by atoms with Gasteiger partial charge in [-0.05, 0) is 35.4 Å². The number of benzene rings is 2. The molecular formula is C21H28N4O3. The van der Waals surface area contributed by atoms with Crippen molar-refractivity contribution < 1.29 is 14.3 Å². The van der Waals surface area contributed by atoms with Gasteiger partial charge in [-0.2, -0.15) is 0 Å². The first-order valence-corrected chi connectivity index (χ1v) is 9.00. The molecule has 0 radical (unpaired) electrons. The van der Waals surface area contributed by atoms with Crippen LogP contribution >= 0.6 is 0 Å². The van der Waals surface area contributed by atoms with Crippen LogP contribution in [0.2, 0.25) is 0 Å². The van der Waals surface area contributed by atoms with Crippen LogP contribution in [0.3, 0.4) is 0 Å². The number of amides is 1. The van der Waals surface area contributed by atoms with Crippen LogP contribution in [0.15, 0.2) is 53.5 Å². The third-order valence-corrected chi connectivity index (χ3v) is 4.10. The second-order valence-electron chi connectivity index (χ2n) is 6.36. The van der Waals surface area contributed by atoms with E-state index in [1.54, 1.807) is 28.3 Å². The van der Waals surface area contributed by atoms with E-state index < -0.39 is 0 Å². The normalized spacial score (nSPS) is 10.9. The number of hydrogen-bond donors (Lipinski definition) is 2. The predicted octanol–water partition coefficient (Wildman–Crippen LogP) is 2.03. The standard InChI is InChI=1S/C21H28N4O3/c1-25(2)20(26)15-24-21(22-13-16-5-9-18(27-3)10-6-16)23-14-17-7-11-19(28-4)12-8-17/h5-12H,13-15H2,1-4H3,(H2,22,23,24). The summed E-state index contributed by atoms with van der Waals surface area (Å²) in [5.74, 6) is 2.16. The highest BCUT2D eigenvalue weighted by molar-refractivity contribution is 5.86. The Morgan fingerprint density at radius 1 is 0.893 bits per heavy atom. The number of nitrogens with one attached hydrogen (secondary N) is 2. The quantitative estimate of drug-likeness (QED) is 0.538. The van der Waals surface area contributed by atoms with E-state index in [0.29, 0.717) is 19.0 Å². The summed E-state index contributed by atoms with van der Waals surface area (Å²) in [5.41, 5.74) is 2.13. The molecule has 0 aliphatic heterocycles. The van der Waals surface area contributed by atoms with Crippen molar-refractivity contribution in [3.05, 3.63) is 59.7 Å². The van der Waals surface area contributed by atoms with Gasteiger partial charge < -0.3 is 25.0 Å². The molecule has 7 heteroatoms. The highest BCUT2D eigenvalue weighted by Gasteiger charge is 2.06. The lowest BCUT2D eigenvalue weighted by atomic mass is 10.2. The minimum Gasteiger partial charge on any atom is -0.497 e. The largest absolute Gasteiger partial charge is 0.497 e. The third kappa shape index (κ3) is 6.83. The van der Waals surface area contributed by atoms with Crippen molar-refractivity contribution in [2.24, 2.45) is 4.99 Å². The summed E-state index contributed by atoms with van der Waals surface area (Å²) < 4.78 is 10.4. The Hall–Kier alpha value is -3.22. The lowest BCUT2D eigenvalue weighted by Crippen LogP contribution is -2.42. The van der Waals surface area contributed by atoms with Crippen LogP contribution in [-0.4, -0.2) is 51.6 Å². The number of rotatable bonds is 8. The van der Waals surface area contributed by atoms with E-state index in [-0.39, 0.29) is 12.5 Å². The summed E-state index contributed by atoms with van der Waals surface area (Å²) in [6.07, 6.45) is 0. The van der Waals surface area contributed by atoms with Gasteiger partial charge in [0, 0.05) is 20.6 Å². The number of likely N-dealkylation sites (N-methyl/N-ethyl adjacent to an activating group) is 1. The molecule has 7 nitrogen and oxygen atoms in total. The van der Waals surface area contributed by atoms with E-state index in [0.717, 1.165) is 22.6 Å². The second kappa shape index (κ2) is 10.8. The van der Waals surface area contributed by atoms with Gasteiger partial charge in [0.15, 0.2) is 5.96 Å². The molecule has 28 heavy (non-hydrogen) atoms. The number of carbonyl (C=O) groups excluding carboxylic acids is 1. The molecule has 0 aliphatic rings. The molecule has 0 aromatic heterocycles. The van der Waals surface area contributed by atoms with Gasteiger partial charge in [0.25, 0.3) is 0 Å². The average Bonchev–Trinajstić information content (AvgIpc) is 2.73. The Balaban J connectivity index is 2.02. The number of hydrogen-bond acceptors (Lipinski definition) is 4. The number of ether oxygens (including phenoxy) is 2. The molecule has 0 heterocycles. The maximum atomic E-state index is 11.9. The Labute approximate surface area is 166 Å². The van der Waals surface area contributed by atoms with Gasteiger partial charge in [0.1, 0.15) is 11.5 Å². The first-order chi connectivity index (χ1) is 13.5. The van der Waals surface area contributed by atoms with Crippen LogP contribution < -0.4 is 20.1 Å². The van der Waals surface area contributed by atoms with Crippen molar-refractivity contribution in [1.29, 1.82) is 0 Å². The molecule has 2 rings (SSSR count). The van der Waals surface area contributed by atoms with Crippen molar-refractivity contribution in [2.75, 3.05) is 34.9 Å². The number of nitrogens with zero attached hydrogens (tertiary/aromatic N) is 2. The van der Waals surface area contributed by atoms with Crippen LogP contribution in [-0.2, 0) is 17.9 Å². The average molecular weight is 384 g/mol. The van der Waals surface area contributed by atoms with E-state index >= 15 is 0 Å². The molecule has 0 saturated carbocycles. The SMILES string of the molecule is COc1ccc(CN=C(NCC(=O)N(C)C)NCc2ccc(OC)cc2)cc1. The first-order valence-electron chi connectivity index (χ1n) is 9.00.